The fraction of sp³-hybridized carbons (Fsp3) is 0.625. The summed E-state index contributed by atoms with van der Waals surface area (Å²) in [6, 6.07) is 2.60. The first-order valence-electron chi connectivity index (χ1n) is 7.56. The van der Waals surface area contributed by atoms with Crippen LogP contribution in [0.1, 0.15) is 37.7 Å². The summed E-state index contributed by atoms with van der Waals surface area (Å²) >= 11 is 0. The van der Waals surface area contributed by atoms with Gasteiger partial charge in [-0.2, -0.15) is 0 Å². The number of hydrogen-bond donors (Lipinski definition) is 2. The molecule has 0 heterocycles. The number of aliphatic hydroxyl groups is 1. The second kappa shape index (κ2) is 7.71. The number of ether oxygens (including phenoxy) is 1. The lowest BCUT2D eigenvalue weighted by molar-refractivity contribution is -0.0195. The third kappa shape index (κ3) is 4.64. The van der Waals surface area contributed by atoms with Gasteiger partial charge >= 0.3 is 0 Å². The van der Waals surface area contributed by atoms with Gasteiger partial charge in [-0.05, 0) is 31.4 Å². The van der Waals surface area contributed by atoms with Crippen LogP contribution in [0.15, 0.2) is 12.1 Å². The molecule has 1 aliphatic carbocycles. The molecule has 0 amide bonds. The van der Waals surface area contributed by atoms with Crippen molar-refractivity contribution in [3.63, 3.8) is 0 Å². The van der Waals surface area contributed by atoms with E-state index >= 15 is 0 Å². The van der Waals surface area contributed by atoms with Crippen molar-refractivity contribution < 1.29 is 18.6 Å². The highest BCUT2D eigenvalue weighted by molar-refractivity contribution is 5.48. The lowest BCUT2D eigenvalue weighted by atomic mass is 9.98. The number of halogens is 2. The van der Waals surface area contributed by atoms with E-state index in [1.165, 1.54) is 31.4 Å². The molecule has 118 valence electrons. The first kappa shape index (κ1) is 16.2. The van der Waals surface area contributed by atoms with Crippen molar-refractivity contribution >= 4 is 5.69 Å². The number of nitrogens with one attached hydrogen (secondary N) is 1. The van der Waals surface area contributed by atoms with Crippen LogP contribution >= 0.6 is 0 Å². The number of hydrogen-bond acceptors (Lipinski definition) is 3. The van der Waals surface area contributed by atoms with Gasteiger partial charge in [0.05, 0.1) is 18.8 Å². The summed E-state index contributed by atoms with van der Waals surface area (Å²) in [7, 11) is 0. The maximum absolute atomic E-state index is 13.8. The van der Waals surface area contributed by atoms with Crippen LogP contribution in [0.2, 0.25) is 0 Å². The van der Waals surface area contributed by atoms with Crippen molar-refractivity contribution in [2.24, 2.45) is 0 Å². The molecule has 1 aromatic carbocycles. The summed E-state index contributed by atoms with van der Waals surface area (Å²) in [5.74, 6) is -1.27. The topological polar surface area (TPSA) is 41.5 Å². The molecule has 2 rings (SSSR count). The van der Waals surface area contributed by atoms with Crippen LogP contribution in [-0.2, 0) is 4.74 Å². The van der Waals surface area contributed by atoms with E-state index in [4.69, 9.17) is 4.74 Å². The third-order valence-electron chi connectivity index (χ3n) is 3.88. The van der Waals surface area contributed by atoms with Crippen molar-refractivity contribution in [2.75, 3.05) is 18.5 Å². The van der Waals surface area contributed by atoms with Gasteiger partial charge in [-0.1, -0.05) is 25.3 Å². The first-order chi connectivity index (χ1) is 10.1. The van der Waals surface area contributed by atoms with Gasteiger partial charge in [0.25, 0.3) is 0 Å². The summed E-state index contributed by atoms with van der Waals surface area (Å²) in [5.41, 5.74) is 0.179. The summed E-state index contributed by atoms with van der Waals surface area (Å²) in [6.45, 7) is 1.82. The largest absolute Gasteiger partial charge is 0.389 e. The van der Waals surface area contributed by atoms with Gasteiger partial charge in [-0.15, -0.1) is 0 Å². The van der Waals surface area contributed by atoms with Crippen LogP contribution in [0.4, 0.5) is 14.5 Å². The monoisotopic (exact) mass is 299 g/mol. The molecule has 0 bridgehead atoms. The fourth-order valence-corrected chi connectivity index (χ4v) is 2.58. The van der Waals surface area contributed by atoms with Gasteiger partial charge < -0.3 is 15.2 Å². The average molecular weight is 299 g/mol. The van der Waals surface area contributed by atoms with Crippen LogP contribution in [0.3, 0.4) is 0 Å². The number of rotatable bonds is 6. The Morgan fingerprint density at radius 2 is 2.00 bits per heavy atom. The molecule has 1 fully saturated rings. The predicted octanol–water partition coefficient (Wildman–Crippen LogP) is 3.40. The maximum atomic E-state index is 13.8. The molecule has 0 spiro atoms. The molecule has 3 nitrogen and oxygen atoms in total. The highest BCUT2D eigenvalue weighted by Gasteiger charge is 2.17. The molecule has 1 aliphatic rings. The highest BCUT2D eigenvalue weighted by atomic mass is 19.1. The van der Waals surface area contributed by atoms with Crippen molar-refractivity contribution in [3.05, 3.63) is 29.3 Å². The lowest BCUT2D eigenvalue weighted by Gasteiger charge is -2.23. The summed E-state index contributed by atoms with van der Waals surface area (Å²) < 4.78 is 33.0. The minimum atomic E-state index is -0.786. The van der Waals surface area contributed by atoms with Crippen molar-refractivity contribution in [3.8, 4) is 0 Å². The summed E-state index contributed by atoms with van der Waals surface area (Å²) in [5, 5.41) is 12.5. The zero-order valence-corrected chi connectivity index (χ0v) is 12.4. The third-order valence-corrected chi connectivity index (χ3v) is 3.88. The summed E-state index contributed by atoms with van der Waals surface area (Å²) in [6.07, 6.45) is 5.06. The highest BCUT2D eigenvalue weighted by Crippen LogP contribution is 2.22. The van der Waals surface area contributed by atoms with Crippen LogP contribution in [0.25, 0.3) is 0 Å². The average Bonchev–Trinajstić information content (AvgIpc) is 2.50. The second-order valence-corrected chi connectivity index (χ2v) is 5.68. The number of aryl methyl sites for hydroxylation is 1. The zero-order chi connectivity index (χ0) is 15.2. The Labute approximate surface area is 124 Å². The zero-order valence-electron chi connectivity index (χ0n) is 12.4. The molecule has 0 saturated heterocycles. The van der Waals surface area contributed by atoms with Gasteiger partial charge in [-0.25, -0.2) is 8.78 Å². The molecule has 0 aromatic heterocycles. The van der Waals surface area contributed by atoms with Gasteiger partial charge in [0.1, 0.15) is 11.5 Å². The van der Waals surface area contributed by atoms with Crippen molar-refractivity contribution in [2.45, 2.75) is 51.2 Å². The standard InChI is InChI=1S/C16H23F2NO2/c1-11-7-8-14(17)16(15(11)18)19-9-12(20)10-21-13-5-3-2-4-6-13/h7-8,12-13,19-20H,2-6,9-10H2,1H3. The molecule has 0 aliphatic heterocycles. The van der Waals surface area contributed by atoms with E-state index in [0.717, 1.165) is 12.8 Å². The SMILES string of the molecule is Cc1ccc(F)c(NCC(O)COC2CCCCC2)c1F. The molecule has 1 unspecified atom stereocenters. The van der Waals surface area contributed by atoms with E-state index in [1.54, 1.807) is 6.92 Å². The first-order valence-corrected chi connectivity index (χ1v) is 7.56. The van der Waals surface area contributed by atoms with Crippen LogP contribution in [0.5, 0.6) is 0 Å². The molecular weight excluding hydrogens is 276 g/mol. The van der Waals surface area contributed by atoms with E-state index in [0.29, 0.717) is 5.56 Å². The molecule has 1 aromatic rings. The molecule has 5 heteroatoms. The quantitative estimate of drug-likeness (QED) is 0.846. The number of aliphatic hydroxyl groups excluding tert-OH is 1. The number of anilines is 1. The lowest BCUT2D eigenvalue weighted by Crippen LogP contribution is -2.29. The Bertz CT molecular complexity index is 462. The van der Waals surface area contributed by atoms with E-state index in [-0.39, 0.29) is 24.9 Å². The predicted molar refractivity (Wildman–Crippen MR) is 78.4 cm³/mol. The fourth-order valence-electron chi connectivity index (χ4n) is 2.58. The molecule has 2 N–H and O–H groups in total. The molecule has 1 saturated carbocycles. The minimum absolute atomic E-state index is 0.0595. The van der Waals surface area contributed by atoms with Crippen LogP contribution in [-0.4, -0.2) is 30.5 Å². The van der Waals surface area contributed by atoms with Crippen molar-refractivity contribution in [1.82, 2.24) is 0 Å². The van der Waals surface area contributed by atoms with Crippen LogP contribution in [0, 0.1) is 18.6 Å². The Morgan fingerprint density at radius 3 is 2.71 bits per heavy atom. The van der Waals surface area contributed by atoms with E-state index < -0.39 is 17.7 Å². The Hall–Kier alpha value is -1.20. The summed E-state index contributed by atoms with van der Waals surface area (Å²) in [4.78, 5) is 0. The molecular formula is C16H23F2NO2. The molecule has 1 atom stereocenters. The Balaban J connectivity index is 1.78. The molecule has 21 heavy (non-hydrogen) atoms. The van der Waals surface area contributed by atoms with Gasteiger partial charge in [0.15, 0.2) is 5.82 Å². The van der Waals surface area contributed by atoms with Crippen LogP contribution < -0.4 is 5.32 Å². The second-order valence-electron chi connectivity index (χ2n) is 5.68. The minimum Gasteiger partial charge on any atom is -0.389 e. The molecule has 0 radical (unpaired) electrons. The Morgan fingerprint density at radius 1 is 1.29 bits per heavy atom. The normalized spacial score (nSPS) is 17.7. The van der Waals surface area contributed by atoms with E-state index in [9.17, 15) is 13.9 Å². The van der Waals surface area contributed by atoms with Crippen molar-refractivity contribution in [1.29, 1.82) is 0 Å². The number of benzene rings is 1. The maximum Gasteiger partial charge on any atom is 0.152 e. The van der Waals surface area contributed by atoms with E-state index in [2.05, 4.69) is 5.32 Å². The Kier molecular flexibility index (Phi) is 5.94. The van der Waals surface area contributed by atoms with Gasteiger partial charge in [-0.3, -0.25) is 0 Å². The van der Waals surface area contributed by atoms with E-state index in [1.807, 2.05) is 0 Å². The van der Waals surface area contributed by atoms with Gasteiger partial charge in [0, 0.05) is 6.54 Å². The van der Waals surface area contributed by atoms with Gasteiger partial charge in [0.2, 0.25) is 0 Å². The smallest absolute Gasteiger partial charge is 0.152 e.